The predicted octanol–water partition coefficient (Wildman–Crippen LogP) is 3.54. The van der Waals surface area contributed by atoms with Gasteiger partial charge in [-0.15, -0.1) is 0 Å². The second-order valence-corrected chi connectivity index (χ2v) is 5.68. The number of halogens is 1. The molecule has 6 heteroatoms. The molecule has 0 spiro atoms. The van der Waals surface area contributed by atoms with Crippen molar-refractivity contribution in [1.29, 1.82) is 0 Å². The van der Waals surface area contributed by atoms with Gasteiger partial charge in [-0.2, -0.15) is 0 Å². The lowest BCUT2D eigenvalue weighted by atomic mass is 10.1. The first-order valence-electron chi connectivity index (χ1n) is 6.50. The Bertz CT molecular complexity index is 503. The smallest absolute Gasteiger partial charge is 0.269 e. The third kappa shape index (κ3) is 4.03. The Morgan fingerprint density at radius 1 is 1.45 bits per heavy atom. The van der Waals surface area contributed by atoms with E-state index >= 15 is 0 Å². The van der Waals surface area contributed by atoms with E-state index in [1.807, 2.05) is 13.8 Å². The van der Waals surface area contributed by atoms with E-state index in [9.17, 15) is 14.9 Å². The summed E-state index contributed by atoms with van der Waals surface area (Å²) in [6, 6.07) is 4.45. The van der Waals surface area contributed by atoms with Gasteiger partial charge in [0.2, 0.25) is 0 Å². The van der Waals surface area contributed by atoms with Crippen LogP contribution in [-0.4, -0.2) is 33.6 Å². The standard InChI is InChI=1S/C14H19BrN2O3/c1-10(2)16(8-4-7-15)14(18)13-6-5-12(17(19)20)9-11(13)3/h5-6,9-10H,4,7-8H2,1-3H3. The van der Waals surface area contributed by atoms with Crippen LogP contribution < -0.4 is 0 Å². The number of hydrogen-bond donors (Lipinski definition) is 0. The highest BCUT2D eigenvalue weighted by atomic mass is 79.9. The zero-order valence-electron chi connectivity index (χ0n) is 11.9. The summed E-state index contributed by atoms with van der Waals surface area (Å²) in [5.74, 6) is -0.0756. The average Bonchev–Trinajstić information content (AvgIpc) is 2.38. The Morgan fingerprint density at radius 2 is 2.10 bits per heavy atom. The van der Waals surface area contributed by atoms with Gasteiger partial charge in [0, 0.05) is 35.6 Å². The maximum atomic E-state index is 12.5. The van der Waals surface area contributed by atoms with Crippen LogP contribution in [-0.2, 0) is 0 Å². The summed E-state index contributed by atoms with van der Waals surface area (Å²) < 4.78 is 0. The number of alkyl halides is 1. The Balaban J connectivity index is 3.03. The van der Waals surface area contributed by atoms with Crippen LogP contribution in [0.15, 0.2) is 18.2 Å². The van der Waals surface area contributed by atoms with Crippen LogP contribution in [0, 0.1) is 17.0 Å². The fourth-order valence-corrected chi connectivity index (χ4v) is 2.23. The van der Waals surface area contributed by atoms with E-state index in [4.69, 9.17) is 0 Å². The highest BCUT2D eigenvalue weighted by molar-refractivity contribution is 9.09. The molecule has 20 heavy (non-hydrogen) atoms. The molecule has 1 rings (SSSR count). The van der Waals surface area contributed by atoms with Gasteiger partial charge in [-0.05, 0) is 38.8 Å². The van der Waals surface area contributed by atoms with Crippen LogP contribution in [0.25, 0.3) is 0 Å². The van der Waals surface area contributed by atoms with Crippen molar-refractivity contribution in [3.63, 3.8) is 0 Å². The Labute approximate surface area is 127 Å². The minimum atomic E-state index is -0.452. The molecule has 0 saturated carbocycles. The van der Waals surface area contributed by atoms with Gasteiger partial charge in [-0.1, -0.05) is 15.9 Å². The summed E-state index contributed by atoms with van der Waals surface area (Å²) in [4.78, 5) is 24.6. The molecule has 0 aliphatic heterocycles. The summed E-state index contributed by atoms with van der Waals surface area (Å²) in [5, 5.41) is 11.6. The molecule has 0 aromatic heterocycles. The van der Waals surface area contributed by atoms with E-state index in [2.05, 4.69) is 15.9 Å². The highest BCUT2D eigenvalue weighted by Crippen LogP contribution is 2.19. The van der Waals surface area contributed by atoms with Crippen LogP contribution in [0.4, 0.5) is 5.69 Å². The minimum Gasteiger partial charge on any atom is -0.336 e. The zero-order valence-corrected chi connectivity index (χ0v) is 13.5. The Kier molecular flexibility index (Phi) is 6.13. The number of benzene rings is 1. The average molecular weight is 343 g/mol. The lowest BCUT2D eigenvalue weighted by Crippen LogP contribution is -2.38. The highest BCUT2D eigenvalue weighted by Gasteiger charge is 2.21. The molecular weight excluding hydrogens is 324 g/mol. The van der Waals surface area contributed by atoms with Crippen molar-refractivity contribution in [3.05, 3.63) is 39.4 Å². The molecule has 0 saturated heterocycles. The first kappa shape index (κ1) is 16.6. The molecule has 0 radical (unpaired) electrons. The SMILES string of the molecule is Cc1cc([N+](=O)[O-])ccc1C(=O)N(CCCBr)C(C)C. The third-order valence-corrected chi connectivity index (χ3v) is 3.63. The van der Waals surface area contributed by atoms with Crippen molar-refractivity contribution in [1.82, 2.24) is 4.90 Å². The quantitative estimate of drug-likeness (QED) is 0.451. The third-order valence-electron chi connectivity index (χ3n) is 3.07. The fourth-order valence-electron chi connectivity index (χ4n) is 1.98. The van der Waals surface area contributed by atoms with E-state index in [-0.39, 0.29) is 17.6 Å². The Morgan fingerprint density at radius 3 is 2.55 bits per heavy atom. The van der Waals surface area contributed by atoms with Crippen molar-refractivity contribution in [2.75, 3.05) is 11.9 Å². The molecule has 0 bridgehead atoms. The molecule has 0 aliphatic rings. The number of rotatable bonds is 6. The minimum absolute atomic E-state index is 0.00982. The summed E-state index contributed by atoms with van der Waals surface area (Å²) in [7, 11) is 0. The number of nitro benzene ring substituents is 1. The second-order valence-electron chi connectivity index (χ2n) is 4.89. The molecule has 110 valence electrons. The predicted molar refractivity (Wildman–Crippen MR) is 82.4 cm³/mol. The molecule has 0 fully saturated rings. The van der Waals surface area contributed by atoms with Crippen LogP contribution >= 0.6 is 15.9 Å². The largest absolute Gasteiger partial charge is 0.336 e. The molecule has 1 aromatic carbocycles. The number of carbonyl (C=O) groups excluding carboxylic acids is 1. The van der Waals surface area contributed by atoms with Crippen molar-refractivity contribution >= 4 is 27.5 Å². The van der Waals surface area contributed by atoms with Crippen molar-refractivity contribution in [2.24, 2.45) is 0 Å². The second kappa shape index (κ2) is 7.38. The molecule has 0 unspecified atom stereocenters. The number of nitro groups is 1. The fraction of sp³-hybridized carbons (Fsp3) is 0.500. The summed E-state index contributed by atoms with van der Waals surface area (Å²) >= 11 is 3.36. The van der Waals surface area contributed by atoms with Crippen LogP contribution in [0.1, 0.15) is 36.2 Å². The maximum Gasteiger partial charge on any atom is 0.269 e. The van der Waals surface area contributed by atoms with Gasteiger partial charge in [0.1, 0.15) is 0 Å². The molecule has 1 aromatic rings. The van der Waals surface area contributed by atoms with Crippen LogP contribution in [0.2, 0.25) is 0 Å². The molecule has 0 N–H and O–H groups in total. The molecule has 1 amide bonds. The monoisotopic (exact) mass is 342 g/mol. The molecule has 0 aliphatic carbocycles. The van der Waals surface area contributed by atoms with Crippen molar-refractivity contribution < 1.29 is 9.72 Å². The normalized spacial score (nSPS) is 10.7. The van der Waals surface area contributed by atoms with Crippen LogP contribution in [0.5, 0.6) is 0 Å². The topological polar surface area (TPSA) is 63.5 Å². The Hall–Kier alpha value is -1.43. The number of non-ortho nitro benzene ring substituents is 1. The summed E-state index contributed by atoms with van der Waals surface area (Å²) in [6.45, 7) is 6.32. The lowest BCUT2D eigenvalue weighted by Gasteiger charge is -2.27. The van der Waals surface area contributed by atoms with Crippen LogP contribution in [0.3, 0.4) is 0 Å². The van der Waals surface area contributed by atoms with E-state index < -0.39 is 4.92 Å². The lowest BCUT2D eigenvalue weighted by molar-refractivity contribution is -0.384. The van der Waals surface area contributed by atoms with Gasteiger partial charge in [0.15, 0.2) is 0 Å². The number of hydrogen-bond acceptors (Lipinski definition) is 3. The number of carbonyl (C=O) groups is 1. The van der Waals surface area contributed by atoms with E-state index in [0.717, 1.165) is 11.8 Å². The van der Waals surface area contributed by atoms with Crippen molar-refractivity contribution in [2.45, 2.75) is 33.2 Å². The zero-order chi connectivity index (χ0) is 15.3. The van der Waals surface area contributed by atoms with Gasteiger partial charge >= 0.3 is 0 Å². The molecular formula is C14H19BrN2O3. The maximum absolute atomic E-state index is 12.5. The van der Waals surface area contributed by atoms with Gasteiger partial charge in [0.05, 0.1) is 4.92 Å². The molecule has 0 heterocycles. The van der Waals surface area contributed by atoms with Gasteiger partial charge in [-0.25, -0.2) is 0 Å². The van der Waals surface area contributed by atoms with Gasteiger partial charge < -0.3 is 4.90 Å². The van der Waals surface area contributed by atoms with E-state index in [1.165, 1.54) is 12.1 Å². The van der Waals surface area contributed by atoms with Crippen molar-refractivity contribution in [3.8, 4) is 0 Å². The van der Waals surface area contributed by atoms with E-state index in [0.29, 0.717) is 17.7 Å². The number of aryl methyl sites for hydroxylation is 1. The first-order chi connectivity index (χ1) is 9.38. The number of amides is 1. The first-order valence-corrected chi connectivity index (χ1v) is 7.62. The summed E-state index contributed by atoms with van der Waals surface area (Å²) in [6.07, 6.45) is 0.871. The molecule has 0 atom stereocenters. The number of nitrogens with zero attached hydrogens (tertiary/aromatic N) is 2. The van der Waals surface area contributed by atoms with Gasteiger partial charge in [-0.3, -0.25) is 14.9 Å². The van der Waals surface area contributed by atoms with E-state index in [1.54, 1.807) is 17.9 Å². The van der Waals surface area contributed by atoms with Gasteiger partial charge in [0.25, 0.3) is 11.6 Å². The molecule has 5 nitrogen and oxygen atoms in total. The summed E-state index contributed by atoms with van der Waals surface area (Å²) in [5.41, 5.74) is 1.17.